The number of carbonyl (C=O) groups is 1. The van der Waals surface area contributed by atoms with Gasteiger partial charge in [0.05, 0.1) is 5.92 Å². The van der Waals surface area contributed by atoms with Crippen LogP contribution in [0, 0.1) is 11.8 Å². The van der Waals surface area contributed by atoms with E-state index >= 15 is 0 Å². The zero-order valence-corrected chi connectivity index (χ0v) is 15.3. The first-order valence-corrected chi connectivity index (χ1v) is 8.70. The van der Waals surface area contributed by atoms with E-state index in [1.165, 1.54) is 0 Å². The van der Waals surface area contributed by atoms with E-state index in [-0.39, 0.29) is 24.9 Å². The molecule has 0 spiro atoms. The zero-order valence-electron chi connectivity index (χ0n) is 15.3. The van der Waals surface area contributed by atoms with Crippen LogP contribution >= 0.6 is 0 Å². The highest BCUT2D eigenvalue weighted by Crippen LogP contribution is 2.38. The molecule has 0 aromatic heterocycles. The average Bonchev–Trinajstić information content (AvgIpc) is 2.40. The van der Waals surface area contributed by atoms with Gasteiger partial charge in [0.25, 0.3) is 0 Å². The summed E-state index contributed by atoms with van der Waals surface area (Å²) in [5.74, 6) is -1.22. The second-order valence-corrected chi connectivity index (χ2v) is 7.94. The van der Waals surface area contributed by atoms with E-state index in [0.717, 1.165) is 6.42 Å². The van der Waals surface area contributed by atoms with Crippen molar-refractivity contribution >= 4 is 6.09 Å². The van der Waals surface area contributed by atoms with Crippen LogP contribution < -0.4 is 10.6 Å². The molecule has 0 radical (unpaired) electrons. The van der Waals surface area contributed by atoms with Gasteiger partial charge in [-0.1, -0.05) is 26.7 Å². The molecule has 1 fully saturated rings. The van der Waals surface area contributed by atoms with Gasteiger partial charge in [0.1, 0.15) is 5.60 Å². The van der Waals surface area contributed by atoms with Gasteiger partial charge in [-0.25, -0.2) is 4.79 Å². The molecule has 1 aliphatic rings. The Morgan fingerprint density at radius 3 is 2.25 bits per heavy atom. The van der Waals surface area contributed by atoms with Crippen molar-refractivity contribution in [2.45, 2.75) is 84.2 Å². The number of halogens is 3. The van der Waals surface area contributed by atoms with Gasteiger partial charge in [-0.05, 0) is 39.5 Å². The lowest BCUT2D eigenvalue weighted by atomic mass is 9.83. The van der Waals surface area contributed by atoms with Gasteiger partial charge in [-0.3, -0.25) is 0 Å². The van der Waals surface area contributed by atoms with Crippen LogP contribution in [-0.2, 0) is 4.74 Å². The number of nitrogens with one attached hydrogen (secondary N) is 2. The number of rotatable bonds is 5. The van der Waals surface area contributed by atoms with Crippen LogP contribution in [0.1, 0.15) is 60.3 Å². The minimum atomic E-state index is -4.18. The van der Waals surface area contributed by atoms with Crippen LogP contribution in [0.15, 0.2) is 0 Å². The van der Waals surface area contributed by atoms with Crippen LogP contribution in [0.4, 0.5) is 18.0 Å². The first kappa shape index (κ1) is 21.1. The molecule has 1 aliphatic carbocycles. The largest absolute Gasteiger partial charge is 0.444 e. The summed E-state index contributed by atoms with van der Waals surface area (Å²) < 4.78 is 44.8. The van der Waals surface area contributed by atoms with Gasteiger partial charge < -0.3 is 15.4 Å². The molecule has 0 aromatic carbocycles. The number of alkyl halides is 3. The molecule has 24 heavy (non-hydrogen) atoms. The molecular formula is C17H31F3N2O2. The number of amides is 1. The first-order valence-electron chi connectivity index (χ1n) is 8.70. The highest BCUT2D eigenvalue weighted by atomic mass is 19.4. The second-order valence-electron chi connectivity index (χ2n) is 7.94. The monoisotopic (exact) mass is 352 g/mol. The highest BCUT2D eigenvalue weighted by Gasteiger charge is 2.46. The molecule has 0 aliphatic heterocycles. The van der Waals surface area contributed by atoms with Gasteiger partial charge in [0.2, 0.25) is 0 Å². The number of carbonyl (C=O) groups excluding carboxylic acids is 1. The SMILES string of the molecule is CC(C)C(CNC(=O)OC(C)(C)C)NC1CCCCC1C(F)(F)F. The van der Waals surface area contributed by atoms with Crippen molar-refractivity contribution in [3.63, 3.8) is 0 Å². The number of ether oxygens (including phenoxy) is 1. The van der Waals surface area contributed by atoms with E-state index < -0.39 is 29.8 Å². The van der Waals surface area contributed by atoms with E-state index in [0.29, 0.717) is 12.8 Å². The van der Waals surface area contributed by atoms with Crippen molar-refractivity contribution in [3.8, 4) is 0 Å². The van der Waals surface area contributed by atoms with Gasteiger partial charge in [-0.2, -0.15) is 13.2 Å². The molecule has 142 valence electrons. The molecule has 1 saturated carbocycles. The van der Waals surface area contributed by atoms with Crippen LogP contribution in [0.25, 0.3) is 0 Å². The van der Waals surface area contributed by atoms with Crippen LogP contribution in [0.3, 0.4) is 0 Å². The maximum Gasteiger partial charge on any atom is 0.407 e. The summed E-state index contributed by atoms with van der Waals surface area (Å²) in [5.41, 5.74) is -0.602. The quantitative estimate of drug-likeness (QED) is 0.778. The summed E-state index contributed by atoms with van der Waals surface area (Å²) in [7, 11) is 0. The predicted molar refractivity (Wildman–Crippen MR) is 87.8 cm³/mol. The third-order valence-corrected chi connectivity index (χ3v) is 4.28. The van der Waals surface area contributed by atoms with E-state index in [4.69, 9.17) is 4.74 Å². The Kier molecular flexibility index (Phi) is 7.38. The van der Waals surface area contributed by atoms with Crippen molar-refractivity contribution in [2.75, 3.05) is 6.54 Å². The van der Waals surface area contributed by atoms with E-state index in [2.05, 4.69) is 10.6 Å². The summed E-state index contributed by atoms with van der Waals surface area (Å²) in [6.07, 6.45) is -2.63. The lowest BCUT2D eigenvalue weighted by molar-refractivity contribution is -0.189. The standard InChI is InChI=1S/C17H31F3N2O2/c1-11(2)14(10-21-15(23)24-16(3,4)5)22-13-9-7-6-8-12(13)17(18,19)20/h11-14,22H,6-10H2,1-5H3,(H,21,23). The molecule has 3 atom stereocenters. The van der Waals surface area contributed by atoms with E-state index in [1.54, 1.807) is 20.8 Å². The summed E-state index contributed by atoms with van der Waals surface area (Å²) >= 11 is 0. The Morgan fingerprint density at radius 1 is 1.17 bits per heavy atom. The summed E-state index contributed by atoms with van der Waals surface area (Å²) in [5, 5.41) is 5.80. The third-order valence-electron chi connectivity index (χ3n) is 4.28. The predicted octanol–water partition coefficient (Wildman–Crippen LogP) is 4.25. The first-order chi connectivity index (χ1) is 10.9. The molecule has 0 aromatic rings. The van der Waals surface area contributed by atoms with Crippen LogP contribution in [0.2, 0.25) is 0 Å². The molecule has 3 unspecified atom stereocenters. The van der Waals surface area contributed by atoms with Gasteiger partial charge in [-0.15, -0.1) is 0 Å². The molecule has 4 nitrogen and oxygen atoms in total. The van der Waals surface area contributed by atoms with Crippen molar-refractivity contribution in [3.05, 3.63) is 0 Å². The van der Waals surface area contributed by atoms with Crippen molar-refractivity contribution in [1.82, 2.24) is 10.6 Å². The molecule has 2 N–H and O–H groups in total. The number of alkyl carbamates (subject to hydrolysis) is 1. The normalized spacial score (nSPS) is 23.9. The van der Waals surface area contributed by atoms with E-state index in [1.807, 2.05) is 13.8 Å². The smallest absolute Gasteiger partial charge is 0.407 e. The third kappa shape index (κ3) is 7.28. The van der Waals surface area contributed by atoms with Crippen molar-refractivity contribution in [1.29, 1.82) is 0 Å². The Labute approximate surface area is 142 Å². The second kappa shape index (κ2) is 8.41. The molecular weight excluding hydrogens is 321 g/mol. The summed E-state index contributed by atoms with van der Waals surface area (Å²) in [6.45, 7) is 9.40. The zero-order chi connectivity index (χ0) is 18.5. The fraction of sp³-hybridized carbons (Fsp3) is 0.941. The minimum Gasteiger partial charge on any atom is -0.444 e. The minimum absolute atomic E-state index is 0.0933. The highest BCUT2D eigenvalue weighted by molar-refractivity contribution is 5.67. The summed E-state index contributed by atoms with van der Waals surface area (Å²) in [6, 6.07) is -0.822. The van der Waals surface area contributed by atoms with Crippen molar-refractivity contribution < 1.29 is 22.7 Å². The van der Waals surface area contributed by atoms with Gasteiger partial charge in [0, 0.05) is 18.6 Å². The van der Waals surface area contributed by atoms with E-state index in [9.17, 15) is 18.0 Å². The van der Waals surface area contributed by atoms with Crippen molar-refractivity contribution in [2.24, 2.45) is 11.8 Å². The Morgan fingerprint density at radius 2 is 1.75 bits per heavy atom. The molecule has 1 rings (SSSR count). The lowest BCUT2D eigenvalue weighted by Gasteiger charge is -2.37. The van der Waals surface area contributed by atoms with Crippen LogP contribution in [-0.4, -0.2) is 36.5 Å². The topological polar surface area (TPSA) is 50.4 Å². The fourth-order valence-electron chi connectivity index (χ4n) is 2.99. The lowest BCUT2D eigenvalue weighted by Crippen LogP contribution is -2.54. The van der Waals surface area contributed by atoms with Crippen LogP contribution in [0.5, 0.6) is 0 Å². The number of hydrogen-bond donors (Lipinski definition) is 2. The molecule has 0 heterocycles. The maximum absolute atomic E-state index is 13.2. The fourth-order valence-corrected chi connectivity index (χ4v) is 2.99. The number of hydrogen-bond acceptors (Lipinski definition) is 3. The van der Waals surface area contributed by atoms with Gasteiger partial charge in [0.15, 0.2) is 0 Å². The Balaban J connectivity index is 2.63. The average molecular weight is 352 g/mol. The van der Waals surface area contributed by atoms with Gasteiger partial charge >= 0.3 is 12.3 Å². The Hall–Kier alpha value is -0.980. The molecule has 0 bridgehead atoms. The summed E-state index contributed by atoms with van der Waals surface area (Å²) in [4.78, 5) is 11.8. The molecule has 0 saturated heterocycles. The Bertz CT molecular complexity index is 406. The maximum atomic E-state index is 13.2. The molecule has 1 amide bonds. The molecule has 7 heteroatoms.